The third-order valence-electron chi connectivity index (χ3n) is 2.23. The Bertz CT molecular complexity index is 581. The molecule has 18 heavy (non-hydrogen) atoms. The summed E-state index contributed by atoms with van der Waals surface area (Å²) in [6.45, 7) is 2.12. The van der Waals surface area contributed by atoms with Gasteiger partial charge in [-0.05, 0) is 19.1 Å². The molecule has 0 aliphatic rings. The first-order valence-corrected chi connectivity index (χ1v) is 5.21. The van der Waals surface area contributed by atoms with Crippen molar-refractivity contribution in [1.29, 1.82) is 0 Å². The van der Waals surface area contributed by atoms with E-state index in [-0.39, 0.29) is 17.4 Å². The Hall–Kier alpha value is -2.64. The summed E-state index contributed by atoms with van der Waals surface area (Å²) < 4.78 is 5.18. The highest BCUT2D eigenvalue weighted by molar-refractivity contribution is 5.64. The van der Waals surface area contributed by atoms with Crippen LogP contribution >= 0.6 is 0 Å². The largest absolute Gasteiger partial charge is 0.487 e. The van der Waals surface area contributed by atoms with Crippen LogP contribution in [0.4, 0.5) is 11.6 Å². The van der Waals surface area contributed by atoms with Gasteiger partial charge in [0.05, 0.1) is 11.5 Å². The lowest BCUT2D eigenvalue weighted by Crippen LogP contribution is -1.98. The molecule has 1 aromatic carbocycles. The maximum absolute atomic E-state index is 10.9. The number of nitro groups is 1. The number of ether oxygens (including phenoxy) is 1. The van der Waals surface area contributed by atoms with Crippen molar-refractivity contribution >= 4 is 11.6 Å². The van der Waals surface area contributed by atoms with Gasteiger partial charge in [-0.25, -0.2) is 0 Å². The molecule has 0 aliphatic carbocycles. The van der Waals surface area contributed by atoms with Crippen molar-refractivity contribution in [3.05, 3.63) is 28.3 Å². The second kappa shape index (κ2) is 4.70. The lowest BCUT2D eigenvalue weighted by molar-refractivity contribution is -0.385. The van der Waals surface area contributed by atoms with Crippen molar-refractivity contribution in [2.45, 2.75) is 6.92 Å². The predicted molar refractivity (Wildman–Crippen MR) is 64.1 cm³/mol. The summed E-state index contributed by atoms with van der Waals surface area (Å²) in [6.07, 6.45) is 0. The summed E-state index contributed by atoms with van der Waals surface area (Å²) in [5, 5.41) is 17.2. The monoisotopic (exact) mass is 249 g/mol. The number of nitrogens with zero attached hydrogens (tertiary/aromatic N) is 3. The van der Waals surface area contributed by atoms with Gasteiger partial charge in [0.1, 0.15) is 0 Å². The lowest BCUT2D eigenvalue weighted by atomic mass is 10.2. The summed E-state index contributed by atoms with van der Waals surface area (Å²) in [6, 6.07) is 4.54. The molecule has 0 spiro atoms. The van der Waals surface area contributed by atoms with Gasteiger partial charge in [0.25, 0.3) is 0 Å². The van der Waals surface area contributed by atoms with Gasteiger partial charge >= 0.3 is 5.69 Å². The van der Waals surface area contributed by atoms with Crippen molar-refractivity contribution < 1.29 is 9.66 Å². The number of hydrogen-bond donors (Lipinski definition) is 2. The molecular weight excluding hydrogens is 238 g/mol. The van der Waals surface area contributed by atoms with Crippen LogP contribution in [0, 0.1) is 10.1 Å². The molecule has 2 rings (SSSR count). The molecule has 1 aromatic heterocycles. The van der Waals surface area contributed by atoms with Gasteiger partial charge in [0, 0.05) is 11.6 Å². The molecular formula is C10H11N5O3. The topological polar surface area (TPSA) is 120 Å². The number of benzene rings is 1. The maximum Gasteiger partial charge on any atom is 0.311 e. The molecule has 0 unspecified atom stereocenters. The zero-order valence-corrected chi connectivity index (χ0v) is 9.58. The number of nitro benzene ring substituents is 1. The molecule has 0 bridgehead atoms. The maximum atomic E-state index is 10.9. The van der Waals surface area contributed by atoms with Gasteiger partial charge in [0.15, 0.2) is 11.6 Å². The van der Waals surface area contributed by atoms with E-state index in [0.717, 1.165) is 0 Å². The number of H-pyrrole nitrogens is 1. The highest BCUT2D eigenvalue weighted by atomic mass is 16.6. The van der Waals surface area contributed by atoms with E-state index in [0.29, 0.717) is 18.0 Å². The average Bonchev–Trinajstić information content (AvgIpc) is 2.76. The third kappa shape index (κ3) is 2.21. The molecule has 0 radical (unpaired) electrons. The zero-order chi connectivity index (χ0) is 13.1. The van der Waals surface area contributed by atoms with Crippen LogP contribution in [0.25, 0.3) is 11.4 Å². The van der Waals surface area contributed by atoms with Crippen LogP contribution in [0.2, 0.25) is 0 Å². The van der Waals surface area contributed by atoms with Gasteiger partial charge < -0.3 is 10.5 Å². The van der Waals surface area contributed by atoms with Crippen molar-refractivity contribution in [3.8, 4) is 17.1 Å². The summed E-state index contributed by atoms with van der Waals surface area (Å²) in [7, 11) is 0. The van der Waals surface area contributed by atoms with Crippen LogP contribution in [0.15, 0.2) is 18.2 Å². The van der Waals surface area contributed by atoms with Crippen molar-refractivity contribution in [1.82, 2.24) is 15.2 Å². The predicted octanol–water partition coefficient (Wildman–Crippen LogP) is 1.36. The van der Waals surface area contributed by atoms with Gasteiger partial charge in [-0.3, -0.25) is 15.2 Å². The summed E-state index contributed by atoms with van der Waals surface area (Å²) in [4.78, 5) is 14.3. The highest BCUT2D eigenvalue weighted by Gasteiger charge is 2.17. The fourth-order valence-electron chi connectivity index (χ4n) is 1.49. The third-order valence-corrected chi connectivity index (χ3v) is 2.23. The zero-order valence-electron chi connectivity index (χ0n) is 9.58. The van der Waals surface area contributed by atoms with E-state index in [9.17, 15) is 10.1 Å². The smallest absolute Gasteiger partial charge is 0.311 e. The van der Waals surface area contributed by atoms with Gasteiger partial charge in [-0.2, -0.15) is 4.98 Å². The van der Waals surface area contributed by atoms with E-state index in [4.69, 9.17) is 10.5 Å². The van der Waals surface area contributed by atoms with E-state index in [1.165, 1.54) is 12.1 Å². The molecule has 3 N–H and O–H groups in total. The standard InChI is InChI=1S/C10H11N5O3/c1-2-18-8-4-3-6(5-7(8)15(16)17)9-12-10(11)14-13-9/h3-5H,2H2,1H3,(H3,11,12,13,14). The quantitative estimate of drug-likeness (QED) is 0.623. The van der Waals surface area contributed by atoms with E-state index in [2.05, 4.69) is 15.2 Å². The Morgan fingerprint density at radius 1 is 1.56 bits per heavy atom. The molecule has 1 heterocycles. The van der Waals surface area contributed by atoms with Gasteiger partial charge in [-0.1, -0.05) is 0 Å². The van der Waals surface area contributed by atoms with Crippen LogP contribution in [0.3, 0.4) is 0 Å². The minimum atomic E-state index is -0.506. The minimum Gasteiger partial charge on any atom is -0.487 e. The molecule has 8 nitrogen and oxygen atoms in total. The summed E-state index contributed by atoms with van der Waals surface area (Å²) >= 11 is 0. The molecule has 2 aromatic rings. The molecule has 0 atom stereocenters. The molecule has 0 saturated carbocycles. The Kier molecular flexibility index (Phi) is 3.09. The first kappa shape index (κ1) is 11.8. The van der Waals surface area contributed by atoms with E-state index < -0.39 is 4.92 Å². The number of hydrogen-bond acceptors (Lipinski definition) is 6. The van der Waals surface area contributed by atoms with Crippen molar-refractivity contribution in [2.24, 2.45) is 0 Å². The van der Waals surface area contributed by atoms with Crippen LogP contribution in [0.1, 0.15) is 6.92 Å². The second-order valence-electron chi connectivity index (χ2n) is 3.41. The van der Waals surface area contributed by atoms with Crippen LogP contribution in [0.5, 0.6) is 5.75 Å². The Balaban J connectivity index is 2.46. The van der Waals surface area contributed by atoms with Crippen LogP contribution < -0.4 is 10.5 Å². The van der Waals surface area contributed by atoms with E-state index in [1.54, 1.807) is 13.0 Å². The minimum absolute atomic E-state index is 0.0848. The van der Waals surface area contributed by atoms with Crippen LogP contribution in [-0.4, -0.2) is 26.7 Å². The van der Waals surface area contributed by atoms with Gasteiger partial charge in [-0.15, -0.1) is 5.10 Å². The normalized spacial score (nSPS) is 10.3. The number of aromatic nitrogens is 3. The Morgan fingerprint density at radius 3 is 2.89 bits per heavy atom. The first-order valence-electron chi connectivity index (χ1n) is 5.21. The SMILES string of the molecule is CCOc1ccc(-c2nc(N)n[nH]2)cc1[N+](=O)[O-]. The highest BCUT2D eigenvalue weighted by Crippen LogP contribution is 2.31. The number of aromatic amines is 1. The molecule has 94 valence electrons. The van der Waals surface area contributed by atoms with Gasteiger partial charge in [0.2, 0.25) is 5.95 Å². The fraction of sp³-hybridized carbons (Fsp3) is 0.200. The lowest BCUT2D eigenvalue weighted by Gasteiger charge is -2.04. The van der Waals surface area contributed by atoms with Crippen LogP contribution in [-0.2, 0) is 0 Å². The van der Waals surface area contributed by atoms with E-state index >= 15 is 0 Å². The molecule has 8 heteroatoms. The summed E-state index contributed by atoms with van der Waals surface area (Å²) in [5.41, 5.74) is 5.78. The molecule has 0 amide bonds. The average molecular weight is 249 g/mol. The molecule has 0 saturated heterocycles. The number of nitrogen functional groups attached to an aromatic ring is 1. The second-order valence-corrected chi connectivity index (χ2v) is 3.41. The fourth-order valence-corrected chi connectivity index (χ4v) is 1.49. The number of rotatable bonds is 4. The molecule has 0 fully saturated rings. The Labute approximate surface area is 102 Å². The molecule has 0 aliphatic heterocycles. The first-order chi connectivity index (χ1) is 8.61. The number of nitrogens with two attached hydrogens (primary N) is 1. The number of nitrogens with one attached hydrogen (secondary N) is 1. The van der Waals surface area contributed by atoms with Crippen molar-refractivity contribution in [2.75, 3.05) is 12.3 Å². The van der Waals surface area contributed by atoms with Crippen molar-refractivity contribution in [3.63, 3.8) is 0 Å². The number of anilines is 1. The Morgan fingerprint density at radius 2 is 2.33 bits per heavy atom. The summed E-state index contributed by atoms with van der Waals surface area (Å²) in [5.74, 6) is 0.680. The van der Waals surface area contributed by atoms with E-state index in [1.807, 2.05) is 0 Å².